The number of aromatic nitrogens is 3. The Balaban J connectivity index is 1.08. The molecular weight excluding hydrogens is 776 g/mol. The number of benzene rings is 3. The quantitative estimate of drug-likeness (QED) is 0.0991. The third kappa shape index (κ3) is 9.37. The van der Waals surface area contributed by atoms with Gasteiger partial charge in [-0.15, -0.1) is 21.5 Å². The number of nitrogens with two attached hydrogens (primary N) is 1. The second-order valence-corrected chi connectivity index (χ2v) is 15.8. The number of amides is 3. The lowest BCUT2D eigenvalue weighted by atomic mass is 9.85. The van der Waals surface area contributed by atoms with E-state index in [9.17, 15) is 37.8 Å². The first kappa shape index (κ1) is 41.6. The number of anilines is 1. The number of carbonyl (C=O) groups excluding carboxylic acids is 3. The van der Waals surface area contributed by atoms with Gasteiger partial charge in [-0.1, -0.05) is 57.2 Å². The third-order valence-corrected chi connectivity index (χ3v) is 10.6. The number of β-amino-alcohol motifs (C(OH)–C–C–N with tert-alkyl or cyclic N) is 1. The number of alkyl halides is 2. The fraction of sp³-hybridized carbons (Fsp3) is 0.317. The highest BCUT2D eigenvalue weighted by Gasteiger charge is 2.44. The molecule has 1 saturated heterocycles. The van der Waals surface area contributed by atoms with Crippen LogP contribution in [0.4, 0.5) is 19.0 Å². The number of nitrogen functional groups attached to an aromatic ring is 1. The molecule has 1 aliphatic rings. The molecule has 13 nitrogen and oxygen atoms in total. The van der Waals surface area contributed by atoms with Gasteiger partial charge in [0, 0.05) is 24.1 Å². The van der Waals surface area contributed by atoms with Gasteiger partial charge in [0.15, 0.2) is 12.4 Å². The van der Waals surface area contributed by atoms with Gasteiger partial charge in [-0.25, -0.2) is 18.2 Å². The largest absolute Gasteiger partial charge is 0.507 e. The van der Waals surface area contributed by atoms with Crippen molar-refractivity contribution >= 4 is 34.9 Å². The van der Waals surface area contributed by atoms with Gasteiger partial charge in [0.2, 0.25) is 11.8 Å². The fourth-order valence-electron chi connectivity index (χ4n) is 6.62. The van der Waals surface area contributed by atoms with Gasteiger partial charge in [0.25, 0.3) is 12.3 Å². The van der Waals surface area contributed by atoms with E-state index < -0.39 is 66.2 Å². The Morgan fingerprint density at radius 3 is 2.34 bits per heavy atom. The lowest BCUT2D eigenvalue weighted by molar-refractivity contribution is -0.144. The van der Waals surface area contributed by atoms with Gasteiger partial charge in [-0.05, 0) is 65.4 Å². The number of hydrogen-bond acceptors (Lipinski definition) is 11. The zero-order valence-corrected chi connectivity index (χ0v) is 32.8. The SMILES string of the molecule is C[C@H](NC(=O)[C@@H]1C[C@@H](O)CN1C(=O)[C@@H](NC(=O)COc1ccc(-c2cc(-c3cc(F)ccc3O)nnc2N)cc1)C(C)(C)C)c1ccc(-c2scnc2C(F)F)cc1. The lowest BCUT2D eigenvalue weighted by Crippen LogP contribution is -2.58. The molecule has 0 spiro atoms. The molecule has 304 valence electrons. The molecule has 0 bridgehead atoms. The Morgan fingerprint density at radius 2 is 1.67 bits per heavy atom. The van der Waals surface area contributed by atoms with Crippen LogP contribution in [0.5, 0.6) is 11.5 Å². The Hall–Kier alpha value is -6.07. The molecule has 3 heterocycles. The van der Waals surface area contributed by atoms with Gasteiger partial charge in [0.1, 0.15) is 35.1 Å². The van der Waals surface area contributed by atoms with Gasteiger partial charge < -0.3 is 36.2 Å². The first-order chi connectivity index (χ1) is 27.5. The molecule has 0 saturated carbocycles. The minimum Gasteiger partial charge on any atom is -0.507 e. The van der Waals surface area contributed by atoms with E-state index in [1.165, 1.54) is 16.5 Å². The fourth-order valence-corrected chi connectivity index (χ4v) is 7.43. The number of rotatable bonds is 12. The van der Waals surface area contributed by atoms with Crippen LogP contribution in [0.1, 0.15) is 57.8 Å². The molecule has 1 fully saturated rings. The summed E-state index contributed by atoms with van der Waals surface area (Å²) in [5, 5.41) is 34.4. The molecule has 0 aliphatic carbocycles. The maximum absolute atomic E-state index is 14.1. The summed E-state index contributed by atoms with van der Waals surface area (Å²) in [6.07, 6.45) is -3.69. The number of hydrogen-bond donors (Lipinski definition) is 5. The van der Waals surface area contributed by atoms with Gasteiger partial charge in [-0.2, -0.15) is 0 Å². The van der Waals surface area contributed by atoms with E-state index in [-0.39, 0.29) is 41.5 Å². The molecule has 0 unspecified atom stereocenters. The van der Waals surface area contributed by atoms with Crippen molar-refractivity contribution in [2.45, 2.75) is 64.8 Å². The molecule has 5 aromatic rings. The number of likely N-dealkylation sites (tertiary alicyclic amines) is 1. The lowest BCUT2D eigenvalue weighted by Gasteiger charge is -2.35. The van der Waals surface area contributed by atoms with Gasteiger partial charge in [-0.3, -0.25) is 14.4 Å². The van der Waals surface area contributed by atoms with Crippen molar-refractivity contribution in [1.82, 2.24) is 30.7 Å². The van der Waals surface area contributed by atoms with E-state index in [0.717, 1.165) is 23.5 Å². The summed E-state index contributed by atoms with van der Waals surface area (Å²) in [5.74, 6) is -1.97. The summed E-state index contributed by atoms with van der Waals surface area (Å²) in [6, 6.07) is 15.7. The number of ether oxygens (including phenoxy) is 1. The average Bonchev–Trinajstić information content (AvgIpc) is 3.85. The van der Waals surface area contributed by atoms with Crippen LogP contribution in [0.3, 0.4) is 0 Å². The van der Waals surface area contributed by atoms with Crippen molar-refractivity contribution in [2.75, 3.05) is 18.9 Å². The summed E-state index contributed by atoms with van der Waals surface area (Å²) < 4.78 is 46.3. The molecule has 6 rings (SSSR count). The second-order valence-electron chi connectivity index (χ2n) is 15.0. The van der Waals surface area contributed by atoms with Crippen molar-refractivity contribution in [2.24, 2.45) is 5.41 Å². The van der Waals surface area contributed by atoms with Gasteiger partial charge >= 0.3 is 0 Å². The minimum atomic E-state index is -2.71. The number of aliphatic hydroxyl groups is 1. The molecule has 0 radical (unpaired) electrons. The van der Waals surface area contributed by atoms with E-state index in [0.29, 0.717) is 32.9 Å². The molecule has 1 aliphatic heterocycles. The predicted molar refractivity (Wildman–Crippen MR) is 211 cm³/mol. The Kier molecular flexibility index (Phi) is 12.3. The van der Waals surface area contributed by atoms with E-state index >= 15 is 0 Å². The van der Waals surface area contributed by atoms with Gasteiger partial charge in [0.05, 0.1) is 28.2 Å². The normalized spacial score (nSPS) is 16.5. The van der Waals surface area contributed by atoms with Crippen LogP contribution in [-0.2, 0) is 14.4 Å². The topological polar surface area (TPSA) is 193 Å². The zero-order chi connectivity index (χ0) is 41.9. The molecule has 6 N–H and O–H groups in total. The van der Waals surface area contributed by atoms with Crippen LogP contribution in [0.25, 0.3) is 32.8 Å². The maximum Gasteiger partial charge on any atom is 0.281 e. The first-order valence-electron chi connectivity index (χ1n) is 18.3. The highest BCUT2D eigenvalue weighted by Crippen LogP contribution is 2.35. The van der Waals surface area contributed by atoms with Crippen LogP contribution >= 0.6 is 11.3 Å². The molecule has 4 atom stereocenters. The van der Waals surface area contributed by atoms with Crippen LogP contribution in [-0.4, -0.2) is 79.4 Å². The van der Waals surface area contributed by atoms with Crippen LogP contribution in [0.2, 0.25) is 0 Å². The summed E-state index contributed by atoms with van der Waals surface area (Å²) >= 11 is 1.11. The number of halogens is 3. The molecule has 3 aromatic carbocycles. The summed E-state index contributed by atoms with van der Waals surface area (Å²) in [6.45, 7) is 6.47. The van der Waals surface area contributed by atoms with E-state index in [1.807, 2.05) is 0 Å². The predicted octanol–water partition coefficient (Wildman–Crippen LogP) is 6.05. The highest BCUT2D eigenvalue weighted by molar-refractivity contribution is 7.13. The molecular formula is C41H42F3N7O6S. The standard InChI is InChI=1S/C41H42F3N7O6S/c1-21(22-5-7-24(8-6-22)35-34(37(43)44)46-20-58-35)47-39(55)31-16-26(52)18-51(31)40(56)36(41(2,3)4)48-33(54)19-57-27-12-9-23(10-13-27)28-17-30(49-50-38(28)45)29-15-25(42)11-14-32(29)53/h5-15,17,20-21,26,31,36-37,52-53H,16,18-19H2,1-4H3,(H2,45,50)(H,47,55)(H,48,54)/t21-,26+,31-,36+/m0/s1. The number of aromatic hydroxyl groups is 1. The number of nitrogens with one attached hydrogen (secondary N) is 2. The minimum absolute atomic E-state index is 0.00920. The Morgan fingerprint density at radius 1 is 0.983 bits per heavy atom. The van der Waals surface area contributed by atoms with Crippen molar-refractivity contribution in [3.05, 3.63) is 95.4 Å². The monoisotopic (exact) mass is 817 g/mol. The van der Waals surface area contributed by atoms with Crippen molar-refractivity contribution in [1.29, 1.82) is 0 Å². The van der Waals surface area contributed by atoms with Crippen LogP contribution in [0.15, 0.2) is 78.3 Å². The first-order valence-corrected chi connectivity index (χ1v) is 19.1. The second kappa shape index (κ2) is 17.2. The summed E-state index contributed by atoms with van der Waals surface area (Å²) in [5.41, 5.74) is 9.03. The summed E-state index contributed by atoms with van der Waals surface area (Å²) in [4.78, 5) is 46.3. The van der Waals surface area contributed by atoms with Crippen LogP contribution < -0.4 is 21.1 Å². The van der Waals surface area contributed by atoms with Crippen molar-refractivity contribution < 1.29 is 42.5 Å². The van der Waals surface area contributed by atoms with Crippen molar-refractivity contribution in [3.8, 4) is 44.3 Å². The highest BCUT2D eigenvalue weighted by atomic mass is 32.1. The molecule has 17 heteroatoms. The number of phenols is 1. The number of phenolic OH excluding ortho intramolecular Hbond substituents is 1. The van der Waals surface area contributed by atoms with Crippen LogP contribution in [0, 0.1) is 11.2 Å². The Labute approximate surface area is 336 Å². The van der Waals surface area contributed by atoms with E-state index in [2.05, 4.69) is 25.8 Å². The number of carbonyl (C=O) groups is 3. The molecule has 58 heavy (non-hydrogen) atoms. The maximum atomic E-state index is 14.1. The number of nitrogens with zero attached hydrogens (tertiary/aromatic N) is 4. The van der Waals surface area contributed by atoms with E-state index in [1.54, 1.807) is 82.3 Å². The molecule has 2 aromatic heterocycles. The Bertz CT molecular complexity index is 2290. The van der Waals surface area contributed by atoms with E-state index in [4.69, 9.17) is 10.5 Å². The zero-order valence-electron chi connectivity index (χ0n) is 31.9. The molecule has 3 amide bonds. The smallest absolute Gasteiger partial charge is 0.281 e. The third-order valence-electron chi connectivity index (χ3n) is 9.71. The average molecular weight is 818 g/mol. The van der Waals surface area contributed by atoms with Crippen molar-refractivity contribution in [3.63, 3.8) is 0 Å². The summed E-state index contributed by atoms with van der Waals surface area (Å²) in [7, 11) is 0. The number of aliphatic hydroxyl groups excluding tert-OH is 1. The number of thiazole rings is 1.